The Morgan fingerprint density at radius 2 is 1.70 bits per heavy atom. The predicted molar refractivity (Wildman–Crippen MR) is 98.2 cm³/mol. The number of rotatable bonds is 8. The summed E-state index contributed by atoms with van der Waals surface area (Å²) in [6.45, 7) is 9.78. The second kappa shape index (κ2) is 10.5. The smallest absolute Gasteiger partial charge is 0.224 e. The third-order valence-corrected chi connectivity index (χ3v) is 3.75. The average Bonchev–Trinajstić information content (AvgIpc) is 2.45. The maximum Gasteiger partial charge on any atom is 0.224 e. The Labute approximate surface area is 146 Å². The molecular weight excluding hydrogens is 312 g/mol. The molecule has 0 radical (unpaired) electrons. The van der Waals surface area contributed by atoms with E-state index in [0.29, 0.717) is 0 Å². The van der Waals surface area contributed by atoms with Crippen LogP contribution in [0.3, 0.4) is 0 Å². The van der Waals surface area contributed by atoms with Crippen LogP contribution in [0.5, 0.6) is 5.75 Å². The van der Waals surface area contributed by atoms with E-state index in [-0.39, 0.29) is 42.4 Å². The molecule has 1 rings (SSSR count). The fourth-order valence-corrected chi connectivity index (χ4v) is 2.08. The molecule has 0 aromatic heterocycles. The zero-order valence-electron chi connectivity index (χ0n) is 14.8. The number of amides is 1. The van der Waals surface area contributed by atoms with E-state index in [4.69, 9.17) is 10.5 Å². The van der Waals surface area contributed by atoms with Gasteiger partial charge in [-0.2, -0.15) is 0 Å². The lowest BCUT2D eigenvalue weighted by Gasteiger charge is -2.19. The van der Waals surface area contributed by atoms with Gasteiger partial charge in [0, 0.05) is 18.0 Å². The number of aryl methyl sites for hydroxylation is 1. The van der Waals surface area contributed by atoms with Crippen molar-refractivity contribution in [1.82, 2.24) is 5.32 Å². The summed E-state index contributed by atoms with van der Waals surface area (Å²) in [7, 11) is 0. The lowest BCUT2D eigenvalue weighted by atomic mass is 10.0. The second-order valence-electron chi connectivity index (χ2n) is 6.41. The highest BCUT2D eigenvalue weighted by atomic mass is 35.5. The van der Waals surface area contributed by atoms with E-state index in [1.807, 2.05) is 46.8 Å². The number of hydrogen-bond donors (Lipinski definition) is 2. The summed E-state index contributed by atoms with van der Waals surface area (Å²) >= 11 is 0. The molecular formula is C18H31ClN2O2. The van der Waals surface area contributed by atoms with Crippen molar-refractivity contribution in [2.24, 2.45) is 11.7 Å². The highest BCUT2D eigenvalue weighted by molar-refractivity contribution is 5.85. The standard InChI is InChI=1S/C18H30N2O2.ClH/c1-12(2)22-17-10-8-16(9-11-17)7-6-13(3)20-18(21)14(4)15(5)19;/h8-15H,6-7,19H2,1-5H3,(H,20,21);1H. The van der Waals surface area contributed by atoms with Crippen LogP contribution in [0.2, 0.25) is 0 Å². The Kier molecular flexibility index (Phi) is 9.93. The van der Waals surface area contributed by atoms with Gasteiger partial charge in [0.2, 0.25) is 5.91 Å². The summed E-state index contributed by atoms with van der Waals surface area (Å²) in [5.74, 6) is 0.768. The summed E-state index contributed by atoms with van der Waals surface area (Å²) in [6, 6.07) is 8.17. The van der Waals surface area contributed by atoms with E-state index in [1.165, 1.54) is 5.56 Å². The maximum absolute atomic E-state index is 11.9. The number of carbonyl (C=O) groups is 1. The number of carbonyl (C=O) groups excluding carboxylic acids is 1. The number of benzene rings is 1. The van der Waals surface area contributed by atoms with Gasteiger partial charge in [0.05, 0.1) is 6.10 Å². The normalized spacial score (nSPS) is 14.6. The van der Waals surface area contributed by atoms with E-state index in [1.54, 1.807) is 0 Å². The van der Waals surface area contributed by atoms with Gasteiger partial charge in [-0.3, -0.25) is 4.79 Å². The van der Waals surface area contributed by atoms with Crippen LogP contribution in [-0.4, -0.2) is 24.1 Å². The zero-order chi connectivity index (χ0) is 16.7. The van der Waals surface area contributed by atoms with Crippen molar-refractivity contribution in [3.63, 3.8) is 0 Å². The molecule has 3 unspecified atom stereocenters. The first-order valence-corrected chi connectivity index (χ1v) is 8.11. The molecule has 0 saturated heterocycles. The Bertz CT molecular complexity index is 461. The molecule has 0 saturated carbocycles. The fraction of sp³-hybridized carbons (Fsp3) is 0.611. The van der Waals surface area contributed by atoms with Crippen LogP contribution in [0.25, 0.3) is 0 Å². The Hall–Kier alpha value is -1.26. The highest BCUT2D eigenvalue weighted by Gasteiger charge is 2.18. The van der Waals surface area contributed by atoms with Crippen LogP contribution in [0.1, 0.15) is 46.6 Å². The van der Waals surface area contributed by atoms with Gasteiger partial charge in [0.1, 0.15) is 5.75 Å². The zero-order valence-corrected chi connectivity index (χ0v) is 15.7. The molecule has 0 aliphatic heterocycles. The summed E-state index contributed by atoms with van der Waals surface area (Å²) in [5, 5.41) is 3.03. The minimum atomic E-state index is -0.157. The predicted octanol–water partition coefficient (Wildman–Crippen LogP) is 3.32. The van der Waals surface area contributed by atoms with Gasteiger partial charge < -0.3 is 15.8 Å². The second-order valence-corrected chi connectivity index (χ2v) is 6.41. The van der Waals surface area contributed by atoms with E-state index < -0.39 is 0 Å². The summed E-state index contributed by atoms with van der Waals surface area (Å²) in [6.07, 6.45) is 2.02. The van der Waals surface area contributed by atoms with Gasteiger partial charge in [-0.1, -0.05) is 19.1 Å². The van der Waals surface area contributed by atoms with Crippen LogP contribution in [0, 0.1) is 5.92 Å². The number of nitrogens with one attached hydrogen (secondary N) is 1. The molecule has 3 N–H and O–H groups in total. The van der Waals surface area contributed by atoms with Crippen LogP contribution in [0.4, 0.5) is 0 Å². The molecule has 0 fully saturated rings. The highest BCUT2D eigenvalue weighted by Crippen LogP contribution is 2.15. The van der Waals surface area contributed by atoms with Gasteiger partial charge in [-0.05, 0) is 58.2 Å². The van der Waals surface area contributed by atoms with E-state index >= 15 is 0 Å². The average molecular weight is 343 g/mol. The van der Waals surface area contributed by atoms with Crippen molar-refractivity contribution >= 4 is 18.3 Å². The van der Waals surface area contributed by atoms with Crippen LogP contribution >= 0.6 is 12.4 Å². The molecule has 23 heavy (non-hydrogen) atoms. The van der Waals surface area contributed by atoms with Crippen molar-refractivity contribution in [2.45, 2.75) is 65.6 Å². The maximum atomic E-state index is 11.9. The summed E-state index contributed by atoms with van der Waals surface area (Å²) in [5.41, 5.74) is 7.00. The third kappa shape index (κ3) is 8.24. The molecule has 1 aromatic carbocycles. The number of hydrogen-bond acceptors (Lipinski definition) is 3. The molecule has 4 nitrogen and oxygen atoms in total. The van der Waals surface area contributed by atoms with Gasteiger partial charge in [-0.25, -0.2) is 0 Å². The lowest BCUT2D eigenvalue weighted by molar-refractivity contribution is -0.125. The van der Waals surface area contributed by atoms with Crippen molar-refractivity contribution in [3.8, 4) is 5.75 Å². The molecule has 0 aliphatic rings. The first kappa shape index (κ1) is 21.7. The topological polar surface area (TPSA) is 64.3 Å². The fourth-order valence-electron chi connectivity index (χ4n) is 2.08. The SMILES string of the molecule is CC(CCc1ccc(OC(C)C)cc1)NC(=O)C(C)C(C)N.Cl. The van der Waals surface area contributed by atoms with Crippen molar-refractivity contribution in [2.75, 3.05) is 0 Å². The van der Waals surface area contributed by atoms with E-state index in [9.17, 15) is 4.79 Å². The van der Waals surface area contributed by atoms with E-state index in [0.717, 1.165) is 18.6 Å². The summed E-state index contributed by atoms with van der Waals surface area (Å²) < 4.78 is 5.63. The van der Waals surface area contributed by atoms with Crippen molar-refractivity contribution in [3.05, 3.63) is 29.8 Å². The first-order valence-electron chi connectivity index (χ1n) is 8.11. The first-order chi connectivity index (χ1) is 10.3. The molecule has 3 atom stereocenters. The molecule has 0 bridgehead atoms. The Morgan fingerprint density at radius 1 is 1.13 bits per heavy atom. The largest absolute Gasteiger partial charge is 0.491 e. The Morgan fingerprint density at radius 3 is 2.17 bits per heavy atom. The molecule has 0 aliphatic carbocycles. The minimum absolute atomic E-state index is 0. The van der Waals surface area contributed by atoms with E-state index in [2.05, 4.69) is 17.4 Å². The molecule has 1 amide bonds. The van der Waals surface area contributed by atoms with Crippen molar-refractivity contribution < 1.29 is 9.53 Å². The number of nitrogens with two attached hydrogens (primary N) is 1. The van der Waals surface area contributed by atoms with Gasteiger partial charge in [0.15, 0.2) is 0 Å². The van der Waals surface area contributed by atoms with Gasteiger partial charge in [-0.15, -0.1) is 12.4 Å². The van der Waals surface area contributed by atoms with Gasteiger partial charge >= 0.3 is 0 Å². The van der Waals surface area contributed by atoms with Crippen LogP contribution in [-0.2, 0) is 11.2 Å². The Balaban J connectivity index is 0.00000484. The monoisotopic (exact) mass is 342 g/mol. The number of halogens is 1. The summed E-state index contributed by atoms with van der Waals surface area (Å²) in [4.78, 5) is 11.9. The molecule has 1 aromatic rings. The number of ether oxygens (including phenoxy) is 1. The van der Waals surface area contributed by atoms with Gasteiger partial charge in [0.25, 0.3) is 0 Å². The molecule has 0 heterocycles. The molecule has 0 spiro atoms. The third-order valence-electron chi connectivity index (χ3n) is 3.75. The minimum Gasteiger partial charge on any atom is -0.491 e. The molecule has 132 valence electrons. The quantitative estimate of drug-likeness (QED) is 0.761. The van der Waals surface area contributed by atoms with Crippen LogP contribution < -0.4 is 15.8 Å². The van der Waals surface area contributed by atoms with Crippen molar-refractivity contribution in [1.29, 1.82) is 0 Å². The van der Waals surface area contributed by atoms with Crippen LogP contribution in [0.15, 0.2) is 24.3 Å². The molecule has 5 heteroatoms. The lowest BCUT2D eigenvalue weighted by Crippen LogP contribution is -2.42.